The number of carbonyl (C=O) groups is 1. The Labute approximate surface area is 129 Å². The summed E-state index contributed by atoms with van der Waals surface area (Å²) < 4.78 is 7.24. The van der Waals surface area contributed by atoms with E-state index >= 15 is 0 Å². The van der Waals surface area contributed by atoms with Gasteiger partial charge in [0.25, 0.3) is 0 Å². The molecule has 0 aliphatic heterocycles. The second kappa shape index (κ2) is 6.38. The third-order valence-electron chi connectivity index (χ3n) is 4.08. The first-order valence-electron chi connectivity index (χ1n) is 7.93. The van der Waals surface area contributed by atoms with E-state index in [1.165, 1.54) is 44.6 Å². The summed E-state index contributed by atoms with van der Waals surface area (Å²) >= 11 is 1.54. The van der Waals surface area contributed by atoms with Gasteiger partial charge in [-0.05, 0) is 32.1 Å². The zero-order valence-electron chi connectivity index (χ0n) is 12.7. The molecule has 116 valence electrons. The van der Waals surface area contributed by atoms with Crippen molar-refractivity contribution in [2.24, 2.45) is 0 Å². The van der Waals surface area contributed by atoms with Crippen LogP contribution in [0.2, 0.25) is 0 Å². The number of aromatic nitrogens is 3. The van der Waals surface area contributed by atoms with E-state index < -0.39 is 0 Å². The molecule has 0 aromatic carbocycles. The van der Waals surface area contributed by atoms with Gasteiger partial charge in [0.1, 0.15) is 11.1 Å². The summed E-state index contributed by atoms with van der Waals surface area (Å²) in [6, 6.07) is 0.558. The largest absolute Gasteiger partial charge is 0.468 e. The fraction of sp³-hybridized carbons (Fsp3) is 0.800. The number of methoxy groups -OCH3 is 1. The van der Waals surface area contributed by atoms with E-state index in [4.69, 9.17) is 4.74 Å². The molecule has 1 atom stereocenters. The van der Waals surface area contributed by atoms with Gasteiger partial charge in [-0.1, -0.05) is 31.5 Å². The molecule has 1 aromatic heterocycles. The van der Waals surface area contributed by atoms with Crippen molar-refractivity contribution < 1.29 is 9.53 Å². The summed E-state index contributed by atoms with van der Waals surface area (Å²) in [6.45, 7) is 2.14. The molecule has 21 heavy (non-hydrogen) atoms. The van der Waals surface area contributed by atoms with E-state index in [0.29, 0.717) is 12.0 Å². The molecule has 6 heteroatoms. The Morgan fingerprint density at radius 2 is 2.14 bits per heavy atom. The Hall–Kier alpha value is -1.04. The lowest BCUT2D eigenvalue weighted by Gasteiger charge is -2.14. The maximum absolute atomic E-state index is 12.0. The normalized spacial score (nSPS) is 19.5. The summed E-state index contributed by atoms with van der Waals surface area (Å²) in [5, 5.41) is 9.51. The molecule has 1 heterocycles. The average molecular weight is 309 g/mol. The molecule has 0 N–H and O–H groups in total. The summed E-state index contributed by atoms with van der Waals surface area (Å²) in [5.41, 5.74) is 0. The van der Waals surface area contributed by atoms with Gasteiger partial charge in [-0.15, -0.1) is 10.2 Å². The van der Waals surface area contributed by atoms with Gasteiger partial charge in [-0.2, -0.15) is 0 Å². The Balaban J connectivity index is 1.76. The van der Waals surface area contributed by atoms with E-state index in [1.54, 1.807) is 0 Å². The van der Waals surface area contributed by atoms with Crippen LogP contribution in [0.1, 0.15) is 69.7 Å². The lowest BCUT2D eigenvalue weighted by Crippen LogP contribution is -2.19. The lowest BCUT2D eigenvalue weighted by molar-refractivity contribution is -0.140. The number of ether oxygens (including phenoxy) is 1. The second-order valence-electron chi connectivity index (χ2n) is 5.99. The minimum absolute atomic E-state index is 0.147. The SMILES string of the molecule is CCCCC(Sc1nnc(C2CC2)n1C1CC1)C(=O)OC. The van der Waals surface area contributed by atoms with Gasteiger partial charge in [-0.25, -0.2) is 0 Å². The summed E-state index contributed by atoms with van der Waals surface area (Å²) in [5.74, 6) is 1.59. The number of thioether (sulfide) groups is 1. The standard InChI is InChI=1S/C15H23N3O2S/c1-3-4-5-12(14(19)20-2)21-15-17-16-13(10-6-7-10)18(15)11-8-9-11/h10-12H,3-9H2,1-2H3. The van der Waals surface area contributed by atoms with Crippen LogP contribution in [-0.4, -0.2) is 33.1 Å². The zero-order valence-corrected chi connectivity index (χ0v) is 13.6. The fourth-order valence-corrected chi connectivity index (χ4v) is 3.71. The highest BCUT2D eigenvalue weighted by atomic mass is 32.2. The number of hydrogen-bond acceptors (Lipinski definition) is 5. The molecule has 0 spiro atoms. The Morgan fingerprint density at radius 1 is 1.38 bits per heavy atom. The van der Waals surface area contributed by atoms with Crippen LogP contribution in [-0.2, 0) is 9.53 Å². The van der Waals surface area contributed by atoms with Crippen molar-refractivity contribution in [1.82, 2.24) is 14.8 Å². The van der Waals surface area contributed by atoms with Gasteiger partial charge in [0.15, 0.2) is 5.16 Å². The molecule has 2 fully saturated rings. The molecule has 1 unspecified atom stereocenters. The van der Waals surface area contributed by atoms with Crippen LogP contribution in [0.5, 0.6) is 0 Å². The minimum Gasteiger partial charge on any atom is -0.468 e. The number of carbonyl (C=O) groups excluding carboxylic acids is 1. The average Bonchev–Trinajstić information content (AvgIpc) is 3.41. The van der Waals surface area contributed by atoms with Crippen molar-refractivity contribution in [2.45, 2.75) is 74.2 Å². The van der Waals surface area contributed by atoms with Crippen LogP contribution in [0.4, 0.5) is 0 Å². The van der Waals surface area contributed by atoms with E-state index in [-0.39, 0.29) is 11.2 Å². The van der Waals surface area contributed by atoms with Gasteiger partial charge in [0.05, 0.1) is 7.11 Å². The Morgan fingerprint density at radius 3 is 2.71 bits per heavy atom. The monoisotopic (exact) mass is 309 g/mol. The maximum Gasteiger partial charge on any atom is 0.319 e. The quantitative estimate of drug-likeness (QED) is 0.544. The molecule has 2 saturated carbocycles. The first-order chi connectivity index (χ1) is 10.2. The second-order valence-corrected chi connectivity index (χ2v) is 7.16. The van der Waals surface area contributed by atoms with Crippen molar-refractivity contribution in [3.05, 3.63) is 5.82 Å². The van der Waals surface area contributed by atoms with E-state index in [0.717, 1.165) is 30.2 Å². The fourth-order valence-electron chi connectivity index (χ4n) is 2.54. The smallest absolute Gasteiger partial charge is 0.319 e. The summed E-state index contributed by atoms with van der Waals surface area (Å²) in [7, 11) is 1.46. The Bertz CT molecular complexity index is 509. The highest BCUT2D eigenvalue weighted by molar-refractivity contribution is 8.00. The van der Waals surface area contributed by atoms with Crippen LogP contribution in [0.15, 0.2) is 5.16 Å². The molecule has 2 aliphatic rings. The van der Waals surface area contributed by atoms with Gasteiger partial charge in [0.2, 0.25) is 0 Å². The lowest BCUT2D eigenvalue weighted by atomic mass is 10.2. The summed E-state index contributed by atoms with van der Waals surface area (Å²) in [6.07, 6.45) is 7.82. The molecular formula is C15H23N3O2S. The summed E-state index contributed by atoms with van der Waals surface area (Å²) in [4.78, 5) is 12.0. The van der Waals surface area contributed by atoms with Crippen molar-refractivity contribution in [1.29, 1.82) is 0 Å². The van der Waals surface area contributed by atoms with Crippen LogP contribution in [0, 0.1) is 0 Å². The molecule has 0 saturated heterocycles. The third-order valence-corrected chi connectivity index (χ3v) is 5.28. The molecule has 2 aliphatic carbocycles. The number of nitrogens with zero attached hydrogens (tertiary/aromatic N) is 3. The van der Waals surface area contributed by atoms with E-state index in [2.05, 4.69) is 21.7 Å². The van der Waals surface area contributed by atoms with Crippen molar-refractivity contribution in [2.75, 3.05) is 7.11 Å². The van der Waals surface area contributed by atoms with Crippen LogP contribution in [0.3, 0.4) is 0 Å². The van der Waals surface area contributed by atoms with Crippen molar-refractivity contribution >= 4 is 17.7 Å². The minimum atomic E-state index is -0.163. The molecule has 0 radical (unpaired) electrons. The Kier molecular flexibility index (Phi) is 4.52. The molecular weight excluding hydrogens is 286 g/mol. The zero-order chi connectivity index (χ0) is 14.8. The molecule has 0 amide bonds. The van der Waals surface area contributed by atoms with Crippen LogP contribution < -0.4 is 0 Å². The van der Waals surface area contributed by atoms with Crippen molar-refractivity contribution in [3.8, 4) is 0 Å². The number of rotatable bonds is 8. The van der Waals surface area contributed by atoms with Gasteiger partial charge in [0, 0.05) is 12.0 Å². The van der Waals surface area contributed by atoms with Gasteiger partial charge in [-0.3, -0.25) is 4.79 Å². The van der Waals surface area contributed by atoms with Crippen LogP contribution in [0.25, 0.3) is 0 Å². The highest BCUT2D eigenvalue weighted by Gasteiger charge is 2.37. The molecule has 5 nitrogen and oxygen atoms in total. The molecule has 1 aromatic rings. The third kappa shape index (κ3) is 3.42. The molecule has 3 rings (SSSR count). The van der Waals surface area contributed by atoms with Gasteiger partial charge >= 0.3 is 5.97 Å². The first kappa shape index (κ1) is 14.9. The van der Waals surface area contributed by atoms with Gasteiger partial charge < -0.3 is 9.30 Å². The first-order valence-corrected chi connectivity index (χ1v) is 8.81. The number of unbranched alkanes of at least 4 members (excludes halogenated alkanes) is 1. The highest BCUT2D eigenvalue weighted by Crippen LogP contribution is 2.46. The topological polar surface area (TPSA) is 57.0 Å². The predicted molar refractivity (Wildman–Crippen MR) is 81.5 cm³/mol. The van der Waals surface area contributed by atoms with E-state index in [1.807, 2.05) is 0 Å². The number of hydrogen-bond donors (Lipinski definition) is 0. The number of esters is 1. The predicted octanol–water partition coefficient (Wildman–Crippen LogP) is 3.31. The molecule has 0 bridgehead atoms. The van der Waals surface area contributed by atoms with Crippen LogP contribution >= 0.6 is 11.8 Å². The van der Waals surface area contributed by atoms with Crippen molar-refractivity contribution in [3.63, 3.8) is 0 Å². The van der Waals surface area contributed by atoms with E-state index in [9.17, 15) is 4.79 Å². The maximum atomic E-state index is 12.0.